The number of ether oxygens (including phenoxy) is 1. The molecule has 2 aromatic heterocycles. The second kappa shape index (κ2) is 8.80. The lowest BCUT2D eigenvalue weighted by atomic mass is 10.1. The van der Waals surface area contributed by atoms with Gasteiger partial charge >= 0.3 is 0 Å². The van der Waals surface area contributed by atoms with Gasteiger partial charge in [-0.25, -0.2) is 9.97 Å². The molecule has 0 radical (unpaired) electrons. The SMILES string of the molecule is Cc1ccc(-n2c(N)c(C(=O)NCC[NH+]3CCOCC3)c3nc4ccccc4nc32)cc1C. The number of amides is 1. The molecule has 1 aliphatic rings. The van der Waals surface area contributed by atoms with Crippen molar-refractivity contribution in [3.8, 4) is 5.69 Å². The Kier molecular flexibility index (Phi) is 5.70. The number of quaternary nitrogens is 1. The molecule has 5 rings (SSSR count). The summed E-state index contributed by atoms with van der Waals surface area (Å²) in [4.78, 5) is 24.4. The van der Waals surface area contributed by atoms with Gasteiger partial charge in [0.2, 0.25) is 0 Å². The summed E-state index contributed by atoms with van der Waals surface area (Å²) < 4.78 is 7.25. The van der Waals surface area contributed by atoms with E-state index < -0.39 is 0 Å². The zero-order valence-corrected chi connectivity index (χ0v) is 19.0. The first-order valence-corrected chi connectivity index (χ1v) is 11.4. The molecule has 4 N–H and O–H groups in total. The Bertz CT molecular complexity index is 1340. The van der Waals surface area contributed by atoms with E-state index in [2.05, 4.69) is 31.3 Å². The number of carbonyl (C=O) groups excluding carboxylic acids is 1. The molecule has 4 aromatic rings. The molecule has 0 unspecified atom stereocenters. The van der Waals surface area contributed by atoms with Crippen LogP contribution in [0.3, 0.4) is 0 Å². The predicted octanol–water partition coefficient (Wildman–Crippen LogP) is 1.42. The number of aryl methyl sites for hydroxylation is 2. The van der Waals surface area contributed by atoms with Crippen LogP contribution in [-0.2, 0) is 4.74 Å². The Morgan fingerprint density at radius 2 is 1.82 bits per heavy atom. The molecular weight excluding hydrogens is 416 g/mol. The molecule has 0 saturated carbocycles. The highest BCUT2D eigenvalue weighted by Crippen LogP contribution is 2.31. The Balaban J connectivity index is 1.56. The van der Waals surface area contributed by atoms with Gasteiger partial charge in [-0.2, -0.15) is 0 Å². The summed E-state index contributed by atoms with van der Waals surface area (Å²) in [5, 5.41) is 3.05. The monoisotopic (exact) mass is 445 g/mol. The van der Waals surface area contributed by atoms with E-state index in [4.69, 9.17) is 20.4 Å². The van der Waals surface area contributed by atoms with Gasteiger partial charge < -0.3 is 20.7 Å². The van der Waals surface area contributed by atoms with E-state index in [0.717, 1.165) is 55.1 Å². The van der Waals surface area contributed by atoms with Gasteiger partial charge in [-0.15, -0.1) is 0 Å². The number of carbonyl (C=O) groups is 1. The zero-order valence-electron chi connectivity index (χ0n) is 19.0. The molecule has 1 aliphatic heterocycles. The molecule has 2 aromatic carbocycles. The largest absolute Gasteiger partial charge is 0.384 e. The fourth-order valence-corrected chi connectivity index (χ4v) is 4.36. The summed E-state index contributed by atoms with van der Waals surface area (Å²) in [6.45, 7) is 8.99. The first kappa shape index (κ1) is 21.4. The van der Waals surface area contributed by atoms with E-state index in [-0.39, 0.29) is 5.91 Å². The molecule has 170 valence electrons. The minimum Gasteiger partial charge on any atom is -0.384 e. The molecule has 3 heterocycles. The average Bonchev–Trinajstić information content (AvgIpc) is 3.10. The highest BCUT2D eigenvalue weighted by atomic mass is 16.5. The fraction of sp³-hybridized carbons (Fsp3) is 0.320. The number of benzene rings is 2. The van der Waals surface area contributed by atoms with E-state index >= 15 is 0 Å². The number of nitrogens with zero attached hydrogens (tertiary/aromatic N) is 3. The van der Waals surface area contributed by atoms with Crippen LogP contribution in [0.25, 0.3) is 27.9 Å². The predicted molar refractivity (Wildman–Crippen MR) is 129 cm³/mol. The Morgan fingerprint density at radius 1 is 1.09 bits per heavy atom. The van der Waals surface area contributed by atoms with Gasteiger partial charge in [0.15, 0.2) is 5.65 Å². The second-order valence-electron chi connectivity index (χ2n) is 8.62. The van der Waals surface area contributed by atoms with Crippen LogP contribution < -0.4 is 16.0 Å². The maximum absolute atomic E-state index is 13.3. The summed E-state index contributed by atoms with van der Waals surface area (Å²) in [6, 6.07) is 13.8. The van der Waals surface area contributed by atoms with Crippen molar-refractivity contribution >= 4 is 33.9 Å². The summed E-state index contributed by atoms with van der Waals surface area (Å²) >= 11 is 0. The molecular formula is C25H29N6O2+. The number of fused-ring (bicyclic) bond motifs is 2. The standard InChI is InChI=1S/C25H28N6O2/c1-16-7-8-18(15-17(16)2)31-23(26)21(25(32)27-9-10-30-11-13-33-14-12-30)22-24(31)29-20-6-4-3-5-19(20)28-22/h3-8,15H,9-14,26H2,1-2H3,(H,27,32)/p+1. The number of nitrogen functional groups attached to an aromatic ring is 1. The molecule has 0 aliphatic carbocycles. The van der Waals surface area contributed by atoms with Crippen molar-refractivity contribution in [3.63, 3.8) is 0 Å². The Hall–Kier alpha value is -3.49. The van der Waals surface area contributed by atoms with Gasteiger partial charge in [-0.3, -0.25) is 9.36 Å². The smallest absolute Gasteiger partial charge is 0.257 e. The normalized spacial score (nSPS) is 14.7. The molecule has 8 heteroatoms. The van der Waals surface area contributed by atoms with Crippen molar-refractivity contribution in [1.82, 2.24) is 19.9 Å². The number of nitrogens with one attached hydrogen (secondary N) is 2. The van der Waals surface area contributed by atoms with Crippen LogP contribution in [0.5, 0.6) is 0 Å². The van der Waals surface area contributed by atoms with Gasteiger partial charge in [0.1, 0.15) is 30.0 Å². The van der Waals surface area contributed by atoms with E-state index in [1.807, 2.05) is 34.9 Å². The van der Waals surface area contributed by atoms with Crippen molar-refractivity contribution in [2.45, 2.75) is 13.8 Å². The van der Waals surface area contributed by atoms with E-state index in [1.54, 1.807) is 0 Å². The lowest BCUT2D eigenvalue weighted by Gasteiger charge is -2.23. The maximum Gasteiger partial charge on any atom is 0.257 e. The van der Waals surface area contributed by atoms with E-state index in [1.165, 1.54) is 10.5 Å². The zero-order chi connectivity index (χ0) is 22.9. The third kappa shape index (κ3) is 4.03. The minimum absolute atomic E-state index is 0.225. The van der Waals surface area contributed by atoms with Gasteiger partial charge in [-0.1, -0.05) is 18.2 Å². The van der Waals surface area contributed by atoms with E-state index in [9.17, 15) is 4.79 Å². The highest BCUT2D eigenvalue weighted by Gasteiger charge is 2.25. The molecule has 33 heavy (non-hydrogen) atoms. The highest BCUT2D eigenvalue weighted by molar-refractivity contribution is 6.11. The van der Waals surface area contributed by atoms with Crippen molar-refractivity contribution < 1.29 is 14.4 Å². The molecule has 1 fully saturated rings. The van der Waals surface area contributed by atoms with Crippen LogP contribution >= 0.6 is 0 Å². The molecule has 0 bridgehead atoms. The van der Waals surface area contributed by atoms with Crippen molar-refractivity contribution in [2.75, 3.05) is 45.1 Å². The number of rotatable bonds is 5. The summed E-state index contributed by atoms with van der Waals surface area (Å²) in [5.74, 6) is 0.122. The maximum atomic E-state index is 13.3. The first-order valence-electron chi connectivity index (χ1n) is 11.4. The van der Waals surface area contributed by atoms with Gasteiger partial charge in [-0.05, 0) is 49.2 Å². The van der Waals surface area contributed by atoms with Crippen LogP contribution in [0.2, 0.25) is 0 Å². The van der Waals surface area contributed by atoms with Crippen LogP contribution in [0, 0.1) is 13.8 Å². The second-order valence-corrected chi connectivity index (χ2v) is 8.62. The van der Waals surface area contributed by atoms with Gasteiger partial charge in [0.25, 0.3) is 5.91 Å². The summed E-state index contributed by atoms with van der Waals surface area (Å²) in [7, 11) is 0. The van der Waals surface area contributed by atoms with Crippen LogP contribution in [-0.4, -0.2) is 59.8 Å². The Labute approximate surface area is 192 Å². The summed E-state index contributed by atoms with van der Waals surface area (Å²) in [6.07, 6.45) is 0. The van der Waals surface area contributed by atoms with Crippen molar-refractivity contribution in [1.29, 1.82) is 0 Å². The number of para-hydroxylation sites is 2. The summed E-state index contributed by atoms with van der Waals surface area (Å²) in [5.41, 5.74) is 12.8. The quantitative estimate of drug-likeness (QED) is 0.432. The number of anilines is 1. The van der Waals surface area contributed by atoms with Crippen molar-refractivity contribution in [2.24, 2.45) is 0 Å². The number of hydrogen-bond donors (Lipinski definition) is 3. The lowest BCUT2D eigenvalue weighted by Crippen LogP contribution is -3.14. The van der Waals surface area contributed by atoms with Crippen LogP contribution in [0.4, 0.5) is 5.82 Å². The van der Waals surface area contributed by atoms with Crippen LogP contribution in [0.1, 0.15) is 21.5 Å². The number of nitrogens with two attached hydrogens (primary N) is 1. The Morgan fingerprint density at radius 3 is 2.55 bits per heavy atom. The molecule has 0 spiro atoms. The van der Waals surface area contributed by atoms with Gasteiger partial charge in [0.05, 0.1) is 37.3 Å². The molecule has 1 saturated heterocycles. The van der Waals surface area contributed by atoms with Gasteiger partial charge in [0, 0.05) is 5.69 Å². The molecule has 8 nitrogen and oxygen atoms in total. The topological polar surface area (TPSA) is 99.5 Å². The average molecular weight is 446 g/mol. The number of hydrogen-bond acceptors (Lipinski definition) is 5. The third-order valence-corrected chi connectivity index (χ3v) is 6.44. The fourth-order valence-electron chi connectivity index (χ4n) is 4.36. The van der Waals surface area contributed by atoms with Crippen molar-refractivity contribution in [3.05, 3.63) is 59.2 Å². The number of aromatic nitrogens is 3. The molecule has 1 amide bonds. The van der Waals surface area contributed by atoms with Crippen LogP contribution in [0.15, 0.2) is 42.5 Å². The molecule has 0 atom stereocenters. The van der Waals surface area contributed by atoms with E-state index in [0.29, 0.717) is 29.1 Å². The third-order valence-electron chi connectivity index (χ3n) is 6.44. The first-order chi connectivity index (χ1) is 16.0. The minimum atomic E-state index is -0.225. The number of morpholine rings is 1. The lowest BCUT2D eigenvalue weighted by molar-refractivity contribution is -0.906.